The first-order chi connectivity index (χ1) is 7.69. The van der Waals surface area contributed by atoms with E-state index in [9.17, 15) is 9.90 Å². The monoisotopic (exact) mass is 243 g/mol. The number of nitrogens with one attached hydrogen (secondary N) is 1. The molecule has 5 heteroatoms. The molecule has 0 aromatic carbocycles. The molecule has 0 aliphatic heterocycles. The summed E-state index contributed by atoms with van der Waals surface area (Å²) < 4.78 is 4.57. The van der Waals surface area contributed by atoms with Crippen molar-refractivity contribution < 1.29 is 14.6 Å². The normalized spacial score (nSPS) is 14.4. The number of hydrogen-bond donors (Lipinski definition) is 2. The van der Waals surface area contributed by atoms with Crippen LogP contribution >= 0.6 is 11.3 Å². The van der Waals surface area contributed by atoms with Crippen LogP contribution in [0.3, 0.4) is 0 Å². The minimum absolute atomic E-state index is 0.127. The van der Waals surface area contributed by atoms with Crippen LogP contribution in [0.2, 0.25) is 0 Å². The Morgan fingerprint density at radius 1 is 1.69 bits per heavy atom. The maximum Gasteiger partial charge on any atom is 0.305 e. The molecule has 1 rings (SSSR count). The minimum atomic E-state index is -0.574. The predicted molar refractivity (Wildman–Crippen MR) is 63.4 cm³/mol. The van der Waals surface area contributed by atoms with E-state index in [1.54, 1.807) is 7.05 Å². The van der Waals surface area contributed by atoms with E-state index in [-0.39, 0.29) is 12.0 Å². The zero-order valence-electron chi connectivity index (χ0n) is 9.47. The molecule has 0 fully saturated rings. The lowest BCUT2D eigenvalue weighted by Gasteiger charge is -2.21. The summed E-state index contributed by atoms with van der Waals surface area (Å²) in [5, 5.41) is 15.0. The smallest absolute Gasteiger partial charge is 0.305 e. The van der Waals surface area contributed by atoms with Gasteiger partial charge in [-0.25, -0.2) is 0 Å². The number of carbonyl (C=O) groups excluding carboxylic acids is 1. The number of thiophene rings is 1. The molecule has 2 atom stereocenters. The molecule has 1 aromatic rings. The lowest BCUT2D eigenvalue weighted by Crippen LogP contribution is -2.32. The van der Waals surface area contributed by atoms with Gasteiger partial charge in [0, 0.05) is 17.3 Å². The van der Waals surface area contributed by atoms with Crippen molar-refractivity contribution in [2.45, 2.75) is 25.0 Å². The van der Waals surface area contributed by atoms with Gasteiger partial charge in [-0.05, 0) is 24.9 Å². The Bertz CT molecular complexity index is 313. The first kappa shape index (κ1) is 13.2. The molecule has 0 aliphatic carbocycles. The van der Waals surface area contributed by atoms with Gasteiger partial charge in [0.2, 0.25) is 0 Å². The molecule has 2 N–H and O–H groups in total. The fraction of sp³-hybridized carbons (Fsp3) is 0.545. The quantitative estimate of drug-likeness (QED) is 0.740. The Hall–Kier alpha value is -0.910. The van der Waals surface area contributed by atoms with Crippen LogP contribution in [-0.2, 0) is 9.53 Å². The molecule has 1 aromatic heterocycles. The second kappa shape index (κ2) is 6.62. The van der Waals surface area contributed by atoms with E-state index in [1.807, 2.05) is 17.5 Å². The number of likely N-dealkylation sites (N-methyl/N-ethyl adjacent to an activating group) is 1. The van der Waals surface area contributed by atoms with Crippen molar-refractivity contribution in [3.05, 3.63) is 22.4 Å². The van der Waals surface area contributed by atoms with Gasteiger partial charge in [0.05, 0.1) is 7.11 Å². The Labute approximate surface area is 99.2 Å². The number of carbonyl (C=O) groups is 1. The Balaban J connectivity index is 2.50. The third-order valence-corrected chi connectivity index (χ3v) is 3.42. The summed E-state index contributed by atoms with van der Waals surface area (Å²) in [4.78, 5) is 11.9. The second-order valence-corrected chi connectivity index (χ2v) is 4.45. The first-order valence-electron chi connectivity index (χ1n) is 5.14. The Morgan fingerprint density at radius 2 is 2.44 bits per heavy atom. The minimum Gasteiger partial charge on any atom is -0.469 e. The number of aliphatic hydroxyl groups is 1. The van der Waals surface area contributed by atoms with Crippen LogP contribution in [0.5, 0.6) is 0 Å². The van der Waals surface area contributed by atoms with Crippen molar-refractivity contribution in [2.75, 3.05) is 14.2 Å². The molecule has 0 saturated carbocycles. The van der Waals surface area contributed by atoms with Gasteiger partial charge in [-0.2, -0.15) is 0 Å². The van der Waals surface area contributed by atoms with Crippen LogP contribution < -0.4 is 5.32 Å². The molecule has 0 amide bonds. The zero-order chi connectivity index (χ0) is 12.0. The van der Waals surface area contributed by atoms with Crippen molar-refractivity contribution in [3.63, 3.8) is 0 Å². The van der Waals surface area contributed by atoms with Gasteiger partial charge < -0.3 is 15.2 Å². The molecular formula is C11H17NO3S. The predicted octanol–water partition coefficient (Wildman–Crippen LogP) is 1.32. The number of ether oxygens (including phenoxy) is 1. The maximum absolute atomic E-state index is 11.0. The Kier molecular flexibility index (Phi) is 5.45. The summed E-state index contributed by atoms with van der Waals surface area (Å²) in [5.74, 6) is -0.251. The zero-order valence-corrected chi connectivity index (χ0v) is 10.3. The third-order valence-electron chi connectivity index (χ3n) is 2.47. The number of rotatable bonds is 6. The van der Waals surface area contributed by atoms with Gasteiger partial charge in [-0.3, -0.25) is 4.79 Å². The molecular weight excluding hydrogens is 226 g/mol. The highest BCUT2D eigenvalue weighted by molar-refractivity contribution is 7.10. The van der Waals surface area contributed by atoms with Crippen molar-refractivity contribution in [1.82, 2.24) is 5.32 Å². The van der Waals surface area contributed by atoms with Gasteiger partial charge in [0.1, 0.15) is 6.10 Å². The summed E-state index contributed by atoms with van der Waals surface area (Å²) >= 11 is 1.51. The average Bonchev–Trinajstić information content (AvgIpc) is 2.82. The summed E-state index contributed by atoms with van der Waals surface area (Å²) in [7, 11) is 3.14. The number of hydrogen-bond acceptors (Lipinski definition) is 5. The van der Waals surface area contributed by atoms with E-state index >= 15 is 0 Å². The van der Waals surface area contributed by atoms with Crippen molar-refractivity contribution in [1.29, 1.82) is 0 Å². The fourth-order valence-electron chi connectivity index (χ4n) is 1.49. The standard InChI is InChI=1S/C11H17NO3S/c1-12-8(5-6-10(13)15-2)11(14)9-4-3-7-16-9/h3-4,7-8,11-12,14H,5-6H2,1-2H3. The summed E-state index contributed by atoms with van der Waals surface area (Å²) in [6.45, 7) is 0. The van der Waals surface area contributed by atoms with E-state index < -0.39 is 6.10 Å². The molecule has 0 aliphatic rings. The number of methoxy groups -OCH3 is 1. The number of esters is 1. The van der Waals surface area contributed by atoms with E-state index in [4.69, 9.17) is 0 Å². The summed E-state index contributed by atoms with van der Waals surface area (Å²) in [6.07, 6.45) is 0.293. The molecule has 0 bridgehead atoms. The highest BCUT2D eigenvalue weighted by Gasteiger charge is 2.20. The van der Waals surface area contributed by atoms with Crippen LogP contribution in [-0.4, -0.2) is 31.3 Å². The Morgan fingerprint density at radius 3 is 2.94 bits per heavy atom. The molecule has 90 valence electrons. The van der Waals surface area contributed by atoms with Crippen LogP contribution in [0, 0.1) is 0 Å². The summed E-state index contributed by atoms with van der Waals surface area (Å²) in [6, 6.07) is 3.66. The van der Waals surface area contributed by atoms with Crippen LogP contribution in [0.15, 0.2) is 17.5 Å². The fourth-order valence-corrected chi connectivity index (χ4v) is 2.27. The third kappa shape index (κ3) is 3.59. The van der Waals surface area contributed by atoms with E-state index in [0.29, 0.717) is 12.8 Å². The molecule has 1 heterocycles. The van der Waals surface area contributed by atoms with Crippen molar-refractivity contribution in [2.24, 2.45) is 0 Å². The topological polar surface area (TPSA) is 58.6 Å². The first-order valence-corrected chi connectivity index (χ1v) is 6.02. The number of aliphatic hydroxyl groups excluding tert-OH is 1. The highest BCUT2D eigenvalue weighted by Crippen LogP contribution is 2.23. The van der Waals surface area contributed by atoms with E-state index in [2.05, 4.69) is 10.1 Å². The van der Waals surface area contributed by atoms with Gasteiger partial charge in [0.15, 0.2) is 0 Å². The lowest BCUT2D eigenvalue weighted by molar-refractivity contribution is -0.140. The molecule has 2 unspecified atom stereocenters. The average molecular weight is 243 g/mol. The SMILES string of the molecule is CNC(CCC(=O)OC)C(O)c1cccs1. The van der Waals surface area contributed by atoms with E-state index in [1.165, 1.54) is 18.4 Å². The lowest BCUT2D eigenvalue weighted by atomic mass is 10.0. The van der Waals surface area contributed by atoms with Crippen LogP contribution in [0.1, 0.15) is 23.8 Å². The van der Waals surface area contributed by atoms with Gasteiger partial charge in [-0.15, -0.1) is 11.3 Å². The van der Waals surface area contributed by atoms with Crippen molar-refractivity contribution in [3.8, 4) is 0 Å². The van der Waals surface area contributed by atoms with Crippen molar-refractivity contribution >= 4 is 17.3 Å². The second-order valence-electron chi connectivity index (χ2n) is 3.47. The van der Waals surface area contributed by atoms with Gasteiger partial charge in [0.25, 0.3) is 0 Å². The van der Waals surface area contributed by atoms with Gasteiger partial charge >= 0.3 is 5.97 Å². The molecule has 0 spiro atoms. The molecule has 0 saturated heterocycles. The van der Waals surface area contributed by atoms with Gasteiger partial charge in [-0.1, -0.05) is 6.07 Å². The molecule has 16 heavy (non-hydrogen) atoms. The highest BCUT2D eigenvalue weighted by atomic mass is 32.1. The van der Waals surface area contributed by atoms with Crippen LogP contribution in [0.4, 0.5) is 0 Å². The van der Waals surface area contributed by atoms with Crippen LogP contribution in [0.25, 0.3) is 0 Å². The molecule has 0 radical (unpaired) electrons. The maximum atomic E-state index is 11.0. The largest absolute Gasteiger partial charge is 0.469 e. The molecule has 4 nitrogen and oxygen atoms in total. The summed E-state index contributed by atoms with van der Waals surface area (Å²) in [5.41, 5.74) is 0. The van der Waals surface area contributed by atoms with E-state index in [0.717, 1.165) is 4.88 Å².